The molecular weight excluding hydrogens is 260 g/mol. The third-order valence-corrected chi connectivity index (χ3v) is 3.79. The van der Waals surface area contributed by atoms with E-state index in [9.17, 15) is 0 Å². The third-order valence-electron chi connectivity index (χ3n) is 2.69. The van der Waals surface area contributed by atoms with Crippen LogP contribution in [0.1, 0.15) is 23.9 Å². The summed E-state index contributed by atoms with van der Waals surface area (Å²) in [5.41, 5.74) is 0.939. The van der Waals surface area contributed by atoms with E-state index in [0.717, 1.165) is 15.9 Å². The van der Waals surface area contributed by atoms with Crippen molar-refractivity contribution in [2.45, 2.75) is 24.1 Å². The molecule has 2 heterocycles. The molecule has 0 fully saturated rings. The lowest BCUT2D eigenvalue weighted by Gasteiger charge is -2.07. The minimum atomic E-state index is 0.0551. The van der Waals surface area contributed by atoms with E-state index in [1.807, 2.05) is 38.1 Å². The average Bonchev–Trinajstić information content (AvgIpc) is 2.86. The molecule has 0 spiro atoms. The van der Waals surface area contributed by atoms with Crippen LogP contribution in [0.15, 0.2) is 40.1 Å². The fraction of sp³-hybridized carbons (Fsp3) is 0.231. The van der Waals surface area contributed by atoms with Gasteiger partial charge < -0.3 is 4.52 Å². The molecule has 0 amide bonds. The molecule has 0 aliphatic rings. The topological polar surface area (TPSA) is 64.7 Å². The Kier molecular flexibility index (Phi) is 3.16. The minimum absolute atomic E-state index is 0.0551. The maximum absolute atomic E-state index is 5.18. The van der Waals surface area contributed by atoms with Gasteiger partial charge in [0.2, 0.25) is 5.89 Å². The first kappa shape index (κ1) is 12.1. The van der Waals surface area contributed by atoms with Crippen molar-refractivity contribution in [2.75, 3.05) is 0 Å². The van der Waals surface area contributed by atoms with Gasteiger partial charge in [0.25, 0.3) is 0 Å². The maximum atomic E-state index is 5.18. The van der Waals surface area contributed by atoms with Gasteiger partial charge in [0, 0.05) is 5.39 Å². The highest BCUT2D eigenvalue weighted by atomic mass is 32.2. The van der Waals surface area contributed by atoms with Crippen molar-refractivity contribution in [1.82, 2.24) is 20.1 Å². The molecule has 0 unspecified atom stereocenters. The fourth-order valence-corrected chi connectivity index (χ4v) is 2.71. The Morgan fingerprint density at radius 2 is 2.05 bits per heavy atom. The molecule has 2 aromatic heterocycles. The van der Waals surface area contributed by atoms with Gasteiger partial charge in [-0.1, -0.05) is 35.1 Å². The lowest BCUT2D eigenvalue weighted by Crippen LogP contribution is -1.92. The van der Waals surface area contributed by atoms with Gasteiger partial charge in [0.05, 0.1) is 10.8 Å². The minimum Gasteiger partial charge on any atom is -0.338 e. The quantitative estimate of drug-likeness (QED) is 0.539. The van der Waals surface area contributed by atoms with Crippen LogP contribution in [0.3, 0.4) is 0 Å². The van der Waals surface area contributed by atoms with Crippen molar-refractivity contribution in [3.05, 3.63) is 42.3 Å². The van der Waals surface area contributed by atoms with Crippen molar-refractivity contribution in [3.8, 4) is 0 Å². The van der Waals surface area contributed by atoms with Crippen LogP contribution >= 0.6 is 11.8 Å². The molecule has 0 aliphatic heterocycles. The molecule has 3 rings (SSSR count). The summed E-state index contributed by atoms with van der Waals surface area (Å²) in [4.78, 5) is 12.8. The second-order valence-electron chi connectivity index (χ2n) is 4.14. The van der Waals surface area contributed by atoms with Crippen LogP contribution in [-0.2, 0) is 0 Å². The Labute approximate surface area is 114 Å². The van der Waals surface area contributed by atoms with E-state index in [-0.39, 0.29) is 5.25 Å². The number of fused-ring (bicyclic) bond motifs is 1. The average molecular weight is 272 g/mol. The normalized spacial score (nSPS) is 12.7. The largest absolute Gasteiger partial charge is 0.338 e. The number of thioether (sulfide) groups is 1. The van der Waals surface area contributed by atoms with Gasteiger partial charge in [-0.3, -0.25) is 0 Å². The first-order valence-electron chi connectivity index (χ1n) is 5.90. The van der Waals surface area contributed by atoms with Gasteiger partial charge in [-0.2, -0.15) is 4.98 Å². The van der Waals surface area contributed by atoms with Gasteiger partial charge in [-0.05, 0) is 19.9 Å². The van der Waals surface area contributed by atoms with Crippen molar-refractivity contribution in [3.63, 3.8) is 0 Å². The lowest BCUT2D eigenvalue weighted by molar-refractivity contribution is 0.376. The zero-order valence-electron chi connectivity index (χ0n) is 10.6. The molecule has 0 aliphatic carbocycles. The van der Waals surface area contributed by atoms with Gasteiger partial charge in [-0.15, -0.1) is 0 Å². The molecule has 3 aromatic rings. The van der Waals surface area contributed by atoms with Crippen molar-refractivity contribution in [2.24, 2.45) is 0 Å². The van der Waals surface area contributed by atoms with Crippen LogP contribution in [0.5, 0.6) is 0 Å². The summed E-state index contributed by atoms with van der Waals surface area (Å²) in [7, 11) is 0. The van der Waals surface area contributed by atoms with E-state index < -0.39 is 0 Å². The van der Waals surface area contributed by atoms with Gasteiger partial charge >= 0.3 is 0 Å². The van der Waals surface area contributed by atoms with Crippen LogP contribution in [0, 0.1) is 6.92 Å². The van der Waals surface area contributed by atoms with Gasteiger partial charge in [-0.25, -0.2) is 9.97 Å². The number of aryl methyl sites for hydroxylation is 1. The molecule has 0 N–H and O–H groups in total. The van der Waals surface area contributed by atoms with E-state index >= 15 is 0 Å². The first-order valence-corrected chi connectivity index (χ1v) is 6.78. The fourth-order valence-electron chi connectivity index (χ4n) is 1.77. The summed E-state index contributed by atoms with van der Waals surface area (Å²) in [5.74, 6) is 1.26. The smallest absolute Gasteiger partial charge is 0.239 e. The number of nitrogens with zero attached hydrogens (tertiary/aromatic N) is 4. The number of benzene rings is 1. The monoisotopic (exact) mass is 272 g/mol. The molecule has 0 saturated heterocycles. The standard InChI is InChI=1S/C13H12N4OS/c1-8(12-16-9(2)17-18-12)19-13-10-5-3-4-6-11(10)14-7-15-13/h3-8H,1-2H3/t8-/m1/s1. The number of hydrogen-bond acceptors (Lipinski definition) is 6. The molecule has 19 heavy (non-hydrogen) atoms. The van der Waals surface area contributed by atoms with Crippen LogP contribution in [0.2, 0.25) is 0 Å². The maximum Gasteiger partial charge on any atom is 0.239 e. The molecule has 5 nitrogen and oxygen atoms in total. The Bertz CT molecular complexity index is 707. The van der Waals surface area contributed by atoms with Crippen molar-refractivity contribution >= 4 is 22.7 Å². The van der Waals surface area contributed by atoms with E-state index in [4.69, 9.17) is 4.52 Å². The van der Waals surface area contributed by atoms with Crippen molar-refractivity contribution in [1.29, 1.82) is 0 Å². The van der Waals surface area contributed by atoms with Gasteiger partial charge in [0.1, 0.15) is 11.4 Å². The van der Waals surface area contributed by atoms with Crippen molar-refractivity contribution < 1.29 is 4.52 Å². The number of aromatic nitrogens is 4. The molecule has 96 valence electrons. The Balaban J connectivity index is 1.93. The van der Waals surface area contributed by atoms with E-state index in [2.05, 4.69) is 20.1 Å². The Morgan fingerprint density at radius 1 is 1.21 bits per heavy atom. The summed E-state index contributed by atoms with van der Waals surface area (Å²) in [6, 6.07) is 7.94. The Morgan fingerprint density at radius 3 is 2.84 bits per heavy atom. The summed E-state index contributed by atoms with van der Waals surface area (Å²) in [6.45, 7) is 3.83. The second-order valence-corrected chi connectivity index (χ2v) is 5.47. The molecule has 0 saturated carbocycles. The molecule has 1 atom stereocenters. The molecule has 1 aromatic carbocycles. The van der Waals surface area contributed by atoms with Gasteiger partial charge in [0.15, 0.2) is 5.82 Å². The van der Waals surface area contributed by atoms with Crippen LogP contribution in [0.4, 0.5) is 0 Å². The lowest BCUT2D eigenvalue weighted by atomic mass is 10.2. The second kappa shape index (κ2) is 4.97. The zero-order chi connectivity index (χ0) is 13.2. The number of rotatable bonds is 3. The van der Waals surface area contributed by atoms with Crippen LogP contribution in [-0.4, -0.2) is 20.1 Å². The van der Waals surface area contributed by atoms with E-state index in [1.54, 1.807) is 18.1 Å². The van der Waals surface area contributed by atoms with Crippen LogP contribution in [0.25, 0.3) is 10.9 Å². The van der Waals surface area contributed by atoms with E-state index in [1.165, 1.54) is 0 Å². The number of para-hydroxylation sites is 1. The number of hydrogen-bond donors (Lipinski definition) is 0. The predicted molar refractivity (Wildman–Crippen MR) is 72.8 cm³/mol. The highest BCUT2D eigenvalue weighted by Crippen LogP contribution is 2.35. The highest BCUT2D eigenvalue weighted by Gasteiger charge is 2.16. The zero-order valence-corrected chi connectivity index (χ0v) is 11.4. The SMILES string of the molecule is Cc1noc([C@@H](C)Sc2ncnc3ccccc23)n1. The van der Waals surface area contributed by atoms with E-state index in [0.29, 0.717) is 11.7 Å². The molecule has 0 bridgehead atoms. The third kappa shape index (κ3) is 2.44. The molecule has 0 radical (unpaired) electrons. The Hall–Kier alpha value is -1.95. The first-order chi connectivity index (χ1) is 9.24. The predicted octanol–water partition coefficient (Wildman–Crippen LogP) is 3.17. The summed E-state index contributed by atoms with van der Waals surface area (Å²) in [6.07, 6.45) is 1.58. The molecule has 6 heteroatoms. The summed E-state index contributed by atoms with van der Waals surface area (Å²) >= 11 is 1.59. The highest BCUT2D eigenvalue weighted by molar-refractivity contribution is 7.99. The molecular formula is C13H12N4OS. The summed E-state index contributed by atoms with van der Waals surface area (Å²) < 4.78 is 5.18. The summed E-state index contributed by atoms with van der Waals surface area (Å²) in [5, 5.41) is 5.83. The van der Waals surface area contributed by atoms with Crippen LogP contribution < -0.4 is 0 Å².